The third-order valence-electron chi connectivity index (χ3n) is 4.14. The van der Waals surface area contributed by atoms with Gasteiger partial charge < -0.3 is 4.74 Å². The number of hydrogen-bond donors (Lipinski definition) is 0. The van der Waals surface area contributed by atoms with Crippen LogP contribution >= 0.6 is 0 Å². The van der Waals surface area contributed by atoms with E-state index >= 15 is 0 Å². The number of aromatic nitrogens is 3. The summed E-state index contributed by atoms with van der Waals surface area (Å²) in [4.78, 5) is 4.57. The smallest absolute Gasteiger partial charge is 0.163 e. The molecule has 0 aliphatic carbocycles. The van der Waals surface area contributed by atoms with Crippen LogP contribution in [-0.2, 0) is 0 Å². The zero-order valence-corrected chi connectivity index (χ0v) is 13.6. The number of methoxy groups -OCH3 is 1. The van der Waals surface area contributed by atoms with Crippen molar-refractivity contribution in [3.63, 3.8) is 0 Å². The van der Waals surface area contributed by atoms with Crippen LogP contribution < -0.4 is 4.74 Å². The summed E-state index contributed by atoms with van der Waals surface area (Å²) in [6.07, 6.45) is 1.84. The Morgan fingerprint density at radius 3 is 2.33 bits per heavy atom. The lowest BCUT2D eigenvalue weighted by atomic mass is 10.1. The Labute approximate surface area is 140 Å². The van der Waals surface area contributed by atoms with Gasteiger partial charge in [-0.05, 0) is 42.8 Å². The second-order valence-electron chi connectivity index (χ2n) is 5.62. The summed E-state index contributed by atoms with van der Waals surface area (Å²) in [6, 6.07) is 20.2. The molecule has 0 aliphatic rings. The Morgan fingerprint density at radius 2 is 1.62 bits per heavy atom. The van der Waals surface area contributed by atoms with Gasteiger partial charge in [0, 0.05) is 17.3 Å². The Morgan fingerprint density at radius 1 is 0.875 bits per heavy atom. The molecule has 0 atom stereocenters. The van der Waals surface area contributed by atoms with Crippen molar-refractivity contribution in [2.75, 3.05) is 7.11 Å². The maximum absolute atomic E-state index is 5.24. The summed E-state index contributed by atoms with van der Waals surface area (Å²) >= 11 is 0. The molecule has 4 nitrogen and oxygen atoms in total. The quantitative estimate of drug-likeness (QED) is 0.563. The predicted octanol–water partition coefficient (Wildman–Crippen LogP) is 4.38. The van der Waals surface area contributed by atoms with E-state index in [1.165, 1.54) is 0 Å². The molecule has 0 saturated heterocycles. The Kier molecular flexibility index (Phi) is 3.50. The van der Waals surface area contributed by atoms with Gasteiger partial charge in [-0.25, -0.2) is 9.50 Å². The highest BCUT2D eigenvalue weighted by Crippen LogP contribution is 2.30. The van der Waals surface area contributed by atoms with Crippen molar-refractivity contribution in [3.8, 4) is 28.1 Å². The molecule has 0 unspecified atom stereocenters. The van der Waals surface area contributed by atoms with Gasteiger partial charge in [-0.1, -0.05) is 30.3 Å². The average Bonchev–Trinajstić information content (AvgIpc) is 2.98. The zero-order valence-electron chi connectivity index (χ0n) is 13.6. The van der Waals surface area contributed by atoms with Gasteiger partial charge in [0.2, 0.25) is 0 Å². The first kappa shape index (κ1) is 14.5. The van der Waals surface area contributed by atoms with Crippen LogP contribution in [-0.4, -0.2) is 21.7 Å². The fourth-order valence-electron chi connectivity index (χ4n) is 2.97. The highest BCUT2D eigenvalue weighted by atomic mass is 16.5. The molecule has 118 valence electrons. The molecule has 0 N–H and O–H groups in total. The van der Waals surface area contributed by atoms with E-state index in [1.54, 1.807) is 7.11 Å². The van der Waals surface area contributed by atoms with Gasteiger partial charge in [-0.15, -0.1) is 0 Å². The molecular weight excluding hydrogens is 298 g/mol. The monoisotopic (exact) mass is 315 g/mol. The van der Waals surface area contributed by atoms with E-state index < -0.39 is 0 Å². The molecule has 2 aromatic heterocycles. The van der Waals surface area contributed by atoms with Gasteiger partial charge in [-0.3, -0.25) is 0 Å². The molecule has 0 bridgehead atoms. The predicted molar refractivity (Wildman–Crippen MR) is 95.1 cm³/mol. The molecule has 0 fully saturated rings. The van der Waals surface area contributed by atoms with Gasteiger partial charge >= 0.3 is 0 Å². The topological polar surface area (TPSA) is 39.4 Å². The van der Waals surface area contributed by atoms with E-state index in [2.05, 4.69) is 17.1 Å². The van der Waals surface area contributed by atoms with Crippen molar-refractivity contribution in [2.45, 2.75) is 6.92 Å². The summed E-state index contributed by atoms with van der Waals surface area (Å²) in [5.74, 6) is 0.839. The highest BCUT2D eigenvalue weighted by molar-refractivity contribution is 5.81. The van der Waals surface area contributed by atoms with Gasteiger partial charge in [-0.2, -0.15) is 5.10 Å². The van der Waals surface area contributed by atoms with Gasteiger partial charge in [0.05, 0.1) is 18.5 Å². The summed E-state index contributed by atoms with van der Waals surface area (Å²) < 4.78 is 7.15. The van der Waals surface area contributed by atoms with Crippen LogP contribution in [0.4, 0.5) is 0 Å². The molecule has 0 saturated carbocycles. The van der Waals surface area contributed by atoms with Crippen molar-refractivity contribution in [1.29, 1.82) is 0 Å². The van der Waals surface area contributed by atoms with Crippen LogP contribution in [0.3, 0.4) is 0 Å². The maximum atomic E-state index is 5.24. The summed E-state index contributed by atoms with van der Waals surface area (Å²) in [6.45, 7) is 2.02. The van der Waals surface area contributed by atoms with Crippen molar-refractivity contribution in [2.24, 2.45) is 0 Å². The maximum Gasteiger partial charge on any atom is 0.163 e. The summed E-state index contributed by atoms with van der Waals surface area (Å²) in [7, 11) is 1.67. The fraction of sp³-hybridized carbons (Fsp3) is 0.100. The molecule has 0 aliphatic heterocycles. The first-order valence-corrected chi connectivity index (χ1v) is 7.82. The molecule has 24 heavy (non-hydrogen) atoms. The summed E-state index contributed by atoms with van der Waals surface area (Å²) in [5.41, 5.74) is 6.12. The van der Waals surface area contributed by atoms with E-state index in [1.807, 2.05) is 66.2 Å². The number of ether oxygens (including phenoxy) is 1. The van der Waals surface area contributed by atoms with Crippen LogP contribution in [0, 0.1) is 6.92 Å². The number of nitrogens with zero attached hydrogens (tertiary/aromatic N) is 3. The van der Waals surface area contributed by atoms with Crippen LogP contribution in [0.25, 0.3) is 28.0 Å². The minimum Gasteiger partial charge on any atom is -0.497 e. The third kappa shape index (κ3) is 2.33. The molecule has 2 aromatic carbocycles. The first-order valence-electron chi connectivity index (χ1n) is 7.82. The fourth-order valence-corrected chi connectivity index (χ4v) is 2.97. The van der Waals surface area contributed by atoms with Crippen LogP contribution in [0.2, 0.25) is 0 Å². The molecule has 4 rings (SSSR count). The molecule has 4 aromatic rings. The lowest BCUT2D eigenvalue weighted by Crippen LogP contribution is -1.96. The van der Waals surface area contributed by atoms with Gasteiger partial charge in [0.25, 0.3) is 0 Å². The number of benzene rings is 2. The van der Waals surface area contributed by atoms with E-state index in [0.717, 1.165) is 39.5 Å². The minimum atomic E-state index is 0.839. The SMILES string of the molecule is COc1ccc(-c2ccnc3c(-c4ccccc4)c(C)nn23)cc1. The van der Waals surface area contributed by atoms with Crippen molar-refractivity contribution < 1.29 is 4.74 Å². The van der Waals surface area contributed by atoms with E-state index in [9.17, 15) is 0 Å². The molecular formula is C20H17N3O. The second kappa shape index (κ2) is 5.81. The summed E-state index contributed by atoms with van der Waals surface area (Å²) in [5, 5.41) is 4.73. The Hall–Kier alpha value is -3.14. The largest absolute Gasteiger partial charge is 0.497 e. The van der Waals surface area contributed by atoms with E-state index in [0.29, 0.717) is 0 Å². The lowest BCUT2D eigenvalue weighted by molar-refractivity contribution is 0.415. The molecule has 0 amide bonds. The van der Waals surface area contributed by atoms with E-state index in [4.69, 9.17) is 9.84 Å². The first-order chi connectivity index (χ1) is 11.8. The van der Waals surface area contributed by atoms with Crippen molar-refractivity contribution in [1.82, 2.24) is 14.6 Å². The molecule has 2 heterocycles. The van der Waals surface area contributed by atoms with Crippen LogP contribution in [0.15, 0.2) is 66.9 Å². The van der Waals surface area contributed by atoms with Crippen LogP contribution in [0.1, 0.15) is 5.69 Å². The number of fused-ring (bicyclic) bond motifs is 1. The van der Waals surface area contributed by atoms with Gasteiger partial charge in [0.15, 0.2) is 5.65 Å². The normalized spacial score (nSPS) is 10.9. The van der Waals surface area contributed by atoms with Crippen molar-refractivity contribution in [3.05, 3.63) is 72.6 Å². The highest BCUT2D eigenvalue weighted by Gasteiger charge is 2.15. The average molecular weight is 315 g/mol. The Bertz CT molecular complexity index is 989. The minimum absolute atomic E-state index is 0.839. The molecule has 0 spiro atoms. The Balaban J connectivity index is 1.93. The van der Waals surface area contributed by atoms with Crippen molar-refractivity contribution >= 4 is 5.65 Å². The lowest BCUT2D eigenvalue weighted by Gasteiger charge is -2.06. The van der Waals surface area contributed by atoms with E-state index in [-0.39, 0.29) is 0 Å². The number of aryl methyl sites for hydroxylation is 1. The van der Waals surface area contributed by atoms with Gasteiger partial charge in [0.1, 0.15) is 5.75 Å². The third-order valence-corrected chi connectivity index (χ3v) is 4.14. The standard InChI is InChI=1S/C20H17N3O/c1-14-19(16-6-4-3-5-7-16)20-21-13-12-18(23(20)22-14)15-8-10-17(24-2)11-9-15/h3-13H,1-2H3. The molecule has 0 radical (unpaired) electrons. The number of rotatable bonds is 3. The zero-order chi connectivity index (χ0) is 16.5. The molecule has 4 heteroatoms. The number of hydrogen-bond acceptors (Lipinski definition) is 3. The second-order valence-corrected chi connectivity index (χ2v) is 5.62. The van der Waals surface area contributed by atoms with Crippen LogP contribution in [0.5, 0.6) is 5.75 Å².